The molecule has 0 heterocycles. The number of nitrogens with one attached hydrogen (secondary N) is 1. The predicted molar refractivity (Wildman–Crippen MR) is 66.6 cm³/mol. The highest BCUT2D eigenvalue weighted by Crippen LogP contribution is 2.32. The summed E-state index contributed by atoms with van der Waals surface area (Å²) in [6.07, 6.45) is 2.82. The highest BCUT2D eigenvalue weighted by Gasteiger charge is 2.25. The minimum Gasteiger partial charge on any atom is -0.385 e. The minimum absolute atomic E-state index is 0.0589. The molecule has 0 fully saturated rings. The van der Waals surface area contributed by atoms with Gasteiger partial charge in [-0.3, -0.25) is 0 Å². The largest absolute Gasteiger partial charge is 0.385 e. The molecule has 1 aromatic carbocycles. The molecule has 2 nitrogen and oxygen atoms in total. The third kappa shape index (κ3) is 2.85. The van der Waals surface area contributed by atoms with Crippen molar-refractivity contribution in [3.05, 3.63) is 35.1 Å². The van der Waals surface area contributed by atoms with Gasteiger partial charge in [-0.15, -0.1) is 0 Å². The average molecular weight is 237 g/mol. The van der Waals surface area contributed by atoms with Crippen LogP contribution in [0.1, 0.15) is 36.9 Å². The maximum absolute atomic E-state index is 13.6. The number of benzene rings is 1. The van der Waals surface area contributed by atoms with Crippen LogP contribution < -0.4 is 5.32 Å². The number of rotatable bonds is 5. The Balaban J connectivity index is 2.00. The summed E-state index contributed by atoms with van der Waals surface area (Å²) in [4.78, 5) is 0. The lowest BCUT2D eigenvalue weighted by Crippen LogP contribution is -2.30. The second-order valence-electron chi connectivity index (χ2n) is 4.75. The fraction of sp³-hybridized carbons (Fsp3) is 0.571. The van der Waals surface area contributed by atoms with Gasteiger partial charge >= 0.3 is 0 Å². The first kappa shape index (κ1) is 12.5. The molecular formula is C14H20FNO. The number of hydrogen-bond acceptors (Lipinski definition) is 2. The summed E-state index contributed by atoms with van der Waals surface area (Å²) in [7, 11) is 1.72. The summed E-state index contributed by atoms with van der Waals surface area (Å²) in [5, 5.41) is 3.55. The third-order valence-electron chi connectivity index (χ3n) is 3.45. The molecule has 1 aliphatic carbocycles. The van der Waals surface area contributed by atoms with Crippen molar-refractivity contribution in [3.8, 4) is 0 Å². The highest BCUT2D eigenvalue weighted by atomic mass is 19.1. The molecule has 0 bridgehead atoms. The van der Waals surface area contributed by atoms with Gasteiger partial charge in [0.25, 0.3) is 0 Å². The van der Waals surface area contributed by atoms with Gasteiger partial charge in [0.15, 0.2) is 0 Å². The number of fused-ring (bicyclic) bond motifs is 1. The number of methoxy groups -OCH3 is 1. The molecular weight excluding hydrogens is 217 g/mol. The molecule has 1 N–H and O–H groups in total. The lowest BCUT2D eigenvalue weighted by atomic mass is 10.1. The van der Waals surface area contributed by atoms with E-state index in [0.717, 1.165) is 37.0 Å². The first-order valence-corrected chi connectivity index (χ1v) is 6.24. The van der Waals surface area contributed by atoms with Gasteiger partial charge < -0.3 is 10.1 Å². The molecule has 94 valence electrons. The van der Waals surface area contributed by atoms with E-state index in [-0.39, 0.29) is 5.82 Å². The zero-order valence-electron chi connectivity index (χ0n) is 10.5. The van der Waals surface area contributed by atoms with Crippen molar-refractivity contribution in [3.63, 3.8) is 0 Å². The van der Waals surface area contributed by atoms with E-state index in [4.69, 9.17) is 4.74 Å². The second kappa shape index (κ2) is 5.61. The average Bonchev–Trinajstić information content (AvgIpc) is 2.71. The van der Waals surface area contributed by atoms with Crippen LogP contribution in [0.3, 0.4) is 0 Å². The Hall–Kier alpha value is -0.930. The van der Waals surface area contributed by atoms with Crippen LogP contribution in [0.4, 0.5) is 4.39 Å². The Morgan fingerprint density at radius 2 is 2.35 bits per heavy atom. The first-order valence-electron chi connectivity index (χ1n) is 6.24. The van der Waals surface area contributed by atoms with E-state index in [2.05, 4.69) is 12.2 Å². The van der Waals surface area contributed by atoms with Crippen molar-refractivity contribution in [1.29, 1.82) is 0 Å². The summed E-state index contributed by atoms with van der Waals surface area (Å²) in [5.74, 6) is -0.0589. The summed E-state index contributed by atoms with van der Waals surface area (Å²) in [5.41, 5.74) is 2.03. The van der Waals surface area contributed by atoms with Crippen LogP contribution in [0.15, 0.2) is 18.2 Å². The molecule has 0 saturated heterocycles. The zero-order valence-corrected chi connectivity index (χ0v) is 10.5. The molecule has 0 spiro atoms. The van der Waals surface area contributed by atoms with E-state index in [1.165, 1.54) is 0 Å². The molecule has 0 saturated carbocycles. The molecule has 17 heavy (non-hydrogen) atoms. The van der Waals surface area contributed by atoms with Gasteiger partial charge in [0, 0.05) is 25.8 Å². The molecule has 1 aromatic rings. The van der Waals surface area contributed by atoms with Crippen molar-refractivity contribution in [2.24, 2.45) is 0 Å². The van der Waals surface area contributed by atoms with Crippen molar-refractivity contribution in [2.75, 3.05) is 13.7 Å². The fourth-order valence-corrected chi connectivity index (χ4v) is 2.50. The molecule has 2 rings (SSSR count). The second-order valence-corrected chi connectivity index (χ2v) is 4.75. The first-order chi connectivity index (χ1) is 8.22. The lowest BCUT2D eigenvalue weighted by molar-refractivity contribution is 0.182. The van der Waals surface area contributed by atoms with Crippen LogP contribution in [0, 0.1) is 5.82 Å². The predicted octanol–water partition coefficient (Wildman–Crippen LogP) is 2.83. The Kier molecular flexibility index (Phi) is 4.13. The van der Waals surface area contributed by atoms with Gasteiger partial charge in [0.2, 0.25) is 0 Å². The highest BCUT2D eigenvalue weighted by molar-refractivity contribution is 5.35. The number of halogens is 1. The molecule has 3 heteroatoms. The maximum atomic E-state index is 13.6. The van der Waals surface area contributed by atoms with Crippen molar-refractivity contribution >= 4 is 0 Å². The Morgan fingerprint density at radius 3 is 3.12 bits per heavy atom. The zero-order chi connectivity index (χ0) is 12.3. The summed E-state index contributed by atoms with van der Waals surface area (Å²) in [6.45, 7) is 2.91. The molecule has 2 atom stereocenters. The van der Waals surface area contributed by atoms with E-state index >= 15 is 0 Å². The number of hydrogen-bond donors (Lipinski definition) is 1. The van der Waals surface area contributed by atoms with Crippen LogP contribution in [-0.2, 0) is 11.2 Å². The van der Waals surface area contributed by atoms with Gasteiger partial charge in [-0.25, -0.2) is 4.39 Å². The molecule has 2 unspecified atom stereocenters. The van der Waals surface area contributed by atoms with Crippen LogP contribution in [-0.4, -0.2) is 19.8 Å². The Bertz CT molecular complexity index is 380. The molecule has 0 aliphatic heterocycles. The lowest BCUT2D eigenvalue weighted by Gasteiger charge is -2.20. The smallest absolute Gasteiger partial charge is 0.126 e. The van der Waals surface area contributed by atoms with Crippen LogP contribution in [0.2, 0.25) is 0 Å². The van der Waals surface area contributed by atoms with E-state index in [1.807, 2.05) is 6.07 Å². The van der Waals surface area contributed by atoms with Gasteiger partial charge in [-0.05, 0) is 43.4 Å². The molecule has 1 aliphatic rings. The van der Waals surface area contributed by atoms with Crippen LogP contribution >= 0.6 is 0 Å². The van der Waals surface area contributed by atoms with Gasteiger partial charge in [-0.2, -0.15) is 0 Å². The Labute approximate surface area is 102 Å². The SMILES string of the molecule is COCCC(C)NC1CCc2c(F)cccc21. The van der Waals surface area contributed by atoms with E-state index in [1.54, 1.807) is 19.2 Å². The van der Waals surface area contributed by atoms with Crippen LogP contribution in [0.5, 0.6) is 0 Å². The van der Waals surface area contributed by atoms with Crippen molar-refractivity contribution < 1.29 is 9.13 Å². The normalized spacial score (nSPS) is 20.3. The van der Waals surface area contributed by atoms with Gasteiger partial charge in [-0.1, -0.05) is 12.1 Å². The third-order valence-corrected chi connectivity index (χ3v) is 3.45. The van der Waals surface area contributed by atoms with E-state index in [9.17, 15) is 4.39 Å². The summed E-state index contributed by atoms with van der Waals surface area (Å²) >= 11 is 0. The van der Waals surface area contributed by atoms with Crippen LogP contribution in [0.25, 0.3) is 0 Å². The van der Waals surface area contributed by atoms with Gasteiger partial charge in [0.05, 0.1) is 0 Å². The van der Waals surface area contributed by atoms with Gasteiger partial charge in [0.1, 0.15) is 5.82 Å². The van der Waals surface area contributed by atoms with Crippen molar-refractivity contribution in [1.82, 2.24) is 5.32 Å². The fourth-order valence-electron chi connectivity index (χ4n) is 2.50. The summed E-state index contributed by atoms with van der Waals surface area (Å²) in [6, 6.07) is 6.08. The molecule has 0 amide bonds. The van der Waals surface area contributed by atoms with Crippen molar-refractivity contribution in [2.45, 2.75) is 38.3 Å². The molecule has 0 radical (unpaired) electrons. The Morgan fingerprint density at radius 1 is 1.53 bits per heavy atom. The van der Waals surface area contributed by atoms with E-state index in [0.29, 0.717) is 12.1 Å². The maximum Gasteiger partial charge on any atom is 0.126 e. The quantitative estimate of drug-likeness (QED) is 0.850. The summed E-state index contributed by atoms with van der Waals surface area (Å²) < 4.78 is 18.6. The number of ether oxygens (including phenoxy) is 1. The monoisotopic (exact) mass is 237 g/mol. The standard InChI is InChI=1S/C14H20FNO/c1-10(8-9-17-2)16-14-7-6-11-12(14)4-3-5-13(11)15/h3-5,10,14,16H,6-9H2,1-2H3. The topological polar surface area (TPSA) is 21.3 Å². The van der Waals surface area contributed by atoms with E-state index < -0.39 is 0 Å². The minimum atomic E-state index is -0.0589. The molecule has 0 aromatic heterocycles.